The molecule has 1 unspecified atom stereocenters. The Morgan fingerprint density at radius 3 is 1.38 bits per heavy atom. The Labute approximate surface area is 186 Å². The first-order chi connectivity index (χ1) is 10.0. The zero-order valence-corrected chi connectivity index (χ0v) is 16.1. The van der Waals surface area contributed by atoms with Crippen LogP contribution < -0.4 is 29.6 Å². The van der Waals surface area contributed by atoms with Crippen LogP contribution in [0.2, 0.25) is 0 Å². The number of carbonyl (C=O) groups excluding carboxylic acids is 4. The Bertz CT molecular complexity index is 459. The van der Waals surface area contributed by atoms with Crippen molar-refractivity contribution in [1.82, 2.24) is 0 Å². The molecule has 0 spiro atoms. The topological polar surface area (TPSA) is 125 Å². The number of halogens is 2. The minimum absolute atomic E-state index is 0. The summed E-state index contributed by atoms with van der Waals surface area (Å²) in [4.78, 5) is 47.1. The van der Waals surface area contributed by atoms with Crippen LogP contribution in [0.15, 0.2) is 10.1 Å². The normalized spacial score (nSPS) is 13.0. The maximum Gasteiger partial charge on any atom is 1.00 e. The maximum atomic E-state index is 10.3. The molecule has 1 rings (SSSR count). The van der Waals surface area contributed by atoms with Crippen molar-refractivity contribution in [3.05, 3.63) is 10.1 Å². The molecule has 1 N–H and O–H groups in total. The van der Waals surface area contributed by atoms with Gasteiger partial charge in [-0.1, -0.05) is 45.5 Å². The van der Waals surface area contributed by atoms with Crippen molar-refractivity contribution in [3.63, 3.8) is 0 Å². The van der Waals surface area contributed by atoms with E-state index in [1.54, 1.807) is 0 Å². The van der Waals surface area contributed by atoms with Crippen molar-refractivity contribution in [2.75, 3.05) is 0 Å². The summed E-state index contributed by atoms with van der Waals surface area (Å²) in [5, 5.41) is 8.22. The molecule has 1 aliphatic heterocycles. The number of hydrogen-bond donors (Lipinski definition) is 1. The molecular weight excluding hydrogens is 405 g/mol. The Morgan fingerprint density at radius 2 is 1.31 bits per heavy atom. The van der Waals surface area contributed by atoms with E-state index in [9.17, 15) is 19.2 Å². The van der Waals surface area contributed by atoms with E-state index in [1.165, 1.54) is 6.92 Å². The summed E-state index contributed by atoms with van der Waals surface area (Å²) in [5.41, 5.74) is 0. The summed E-state index contributed by atoms with van der Waals surface area (Å²) in [6.45, 7) is 3.52. The number of aliphatic hydroxyl groups is 1. The van der Waals surface area contributed by atoms with Gasteiger partial charge in [-0.2, -0.15) is 0 Å². The van der Waals surface area contributed by atoms with Gasteiger partial charge in [0.1, 0.15) is 10.1 Å². The smallest absolute Gasteiger partial charge is 0.793 e. The molecule has 0 fully saturated rings. The van der Waals surface area contributed by atoms with Crippen molar-refractivity contribution in [2.24, 2.45) is 0 Å². The molecule has 0 aromatic carbocycles. The molecule has 0 saturated heterocycles. The van der Waals surface area contributed by atoms with Gasteiger partial charge < -0.3 is 22.5 Å². The molecule has 0 bridgehead atoms. The molecule has 1 heterocycles. The first kappa shape index (κ1) is 40.1. The summed E-state index contributed by atoms with van der Waals surface area (Å²) in [5.74, 6) is -2.53. The predicted molar refractivity (Wildman–Crippen MR) is 92.1 cm³/mol. The molecule has 3 radical (unpaired) electrons. The van der Waals surface area contributed by atoms with Crippen LogP contribution in [0.4, 0.5) is 0 Å². The summed E-state index contributed by atoms with van der Waals surface area (Å²) in [6.07, 6.45) is -1.37. The molecule has 0 aromatic rings. The summed E-state index contributed by atoms with van der Waals surface area (Å²) < 4.78 is 7.78. The van der Waals surface area contributed by atoms with Crippen LogP contribution in [-0.2, 0) is 38.3 Å². The van der Waals surface area contributed by atoms with Gasteiger partial charge in [-0.05, 0) is 0 Å². The number of carbonyl (C=O) groups is 4. The molecule has 1 aliphatic rings. The van der Waals surface area contributed by atoms with Crippen LogP contribution in [0.25, 0.3) is 0 Å². The van der Waals surface area contributed by atoms with E-state index in [0.29, 0.717) is 0 Å². The van der Waals surface area contributed by atoms with Gasteiger partial charge in [0.25, 0.3) is 0 Å². The molecule has 0 aliphatic carbocycles. The average Bonchev–Trinajstić information content (AvgIpc) is 2.64. The Hall–Kier alpha value is -0.775. The molecule has 13 heteroatoms. The van der Waals surface area contributed by atoms with Crippen molar-refractivity contribution in [1.29, 1.82) is 0 Å². The van der Waals surface area contributed by atoms with E-state index in [2.05, 4.69) is 27.2 Å². The van der Waals surface area contributed by atoms with Gasteiger partial charge in [0.2, 0.25) is 12.3 Å². The van der Waals surface area contributed by atoms with Crippen molar-refractivity contribution >= 4 is 55.1 Å². The van der Waals surface area contributed by atoms with Gasteiger partial charge in [-0.15, -0.1) is 0 Å². The van der Waals surface area contributed by atoms with E-state index < -0.39 is 30.2 Å². The van der Waals surface area contributed by atoms with Crippen LogP contribution in [-0.4, -0.2) is 43.3 Å². The van der Waals surface area contributed by atoms with Gasteiger partial charge in [0, 0.05) is 20.8 Å². The monoisotopic (exact) mass is 427 g/mol. The molecule has 26 heavy (non-hydrogen) atoms. The quantitative estimate of drug-likeness (QED) is 0.227. The Morgan fingerprint density at radius 1 is 1.00 bits per heavy atom. The van der Waals surface area contributed by atoms with Gasteiger partial charge >= 0.3 is 47.5 Å². The fraction of sp³-hybridized carbons (Fsp3) is 0.538. The number of rotatable bonds is 0. The molecular formula is C13H23BCl2NaO9. The van der Waals surface area contributed by atoms with Crippen LogP contribution in [0.1, 0.15) is 43.1 Å². The third-order valence-electron chi connectivity index (χ3n) is 1.27. The first-order valence-electron chi connectivity index (χ1n) is 5.20. The second-order valence-corrected chi connectivity index (χ2v) is 3.96. The fourth-order valence-electron chi connectivity index (χ4n) is 0.528. The van der Waals surface area contributed by atoms with Crippen molar-refractivity contribution in [2.45, 2.75) is 49.3 Å². The second-order valence-electron chi connectivity index (χ2n) is 3.18. The standard InChI is InChI=1S/C4H2Cl2O3.C4H6O4.C2H3BO2.3CH4.Na/c5-1-2(6)4(8)9-3(1)7;1-3(5)7-8-4(2)6;1-2(4)5-3;;;;/h3,7H;1-2H3;1H3;3*1H4;/q;;-1;;;;+1. The van der Waals surface area contributed by atoms with E-state index in [-0.39, 0.29) is 61.9 Å². The number of aliphatic hydroxyl groups excluding tert-OH is 1. The number of esters is 1. The van der Waals surface area contributed by atoms with E-state index in [4.69, 9.17) is 28.3 Å². The van der Waals surface area contributed by atoms with Crippen molar-refractivity contribution in [3.8, 4) is 0 Å². The van der Waals surface area contributed by atoms with E-state index in [0.717, 1.165) is 13.8 Å². The number of ether oxygens (including phenoxy) is 1. The van der Waals surface area contributed by atoms with Gasteiger partial charge in [0.15, 0.2) is 0 Å². The van der Waals surface area contributed by atoms with Crippen LogP contribution in [0.5, 0.6) is 0 Å². The summed E-state index contributed by atoms with van der Waals surface area (Å²) >= 11 is 10.5. The fourth-order valence-corrected chi connectivity index (χ4v) is 0.788. The molecule has 9 nitrogen and oxygen atoms in total. The van der Waals surface area contributed by atoms with E-state index in [1.807, 2.05) is 0 Å². The SMILES string of the molecule is C.C.C.CC(=O)OOC(C)=O.O=C1OC(O)C(Cl)=C1Cl.[B-]OC(C)=O.[Na+]. The molecule has 147 valence electrons. The van der Waals surface area contributed by atoms with Gasteiger partial charge in [-0.3, -0.25) is 4.79 Å². The van der Waals surface area contributed by atoms with Crippen LogP contribution in [0, 0.1) is 0 Å². The third kappa shape index (κ3) is 23.2. The van der Waals surface area contributed by atoms with Gasteiger partial charge in [-0.25, -0.2) is 24.2 Å². The largest absolute Gasteiger partial charge is 1.00 e. The maximum absolute atomic E-state index is 10.3. The summed E-state index contributed by atoms with van der Waals surface area (Å²) in [6, 6.07) is 0. The Kier molecular flexibility index (Phi) is 34.3. The Balaban J connectivity index is -0.0000000554. The van der Waals surface area contributed by atoms with Crippen molar-refractivity contribution < 1.29 is 73.0 Å². The molecule has 0 saturated carbocycles. The average molecular weight is 428 g/mol. The number of hydrogen-bond acceptors (Lipinski definition) is 9. The summed E-state index contributed by atoms with van der Waals surface area (Å²) in [7, 11) is 4.32. The van der Waals surface area contributed by atoms with E-state index >= 15 is 0 Å². The second kappa shape index (κ2) is 22.3. The molecule has 0 amide bonds. The molecule has 1 atom stereocenters. The third-order valence-corrected chi connectivity index (χ3v) is 2.10. The zero-order valence-electron chi connectivity index (χ0n) is 12.6. The zero-order chi connectivity index (χ0) is 17.9. The number of cyclic esters (lactones) is 1. The van der Waals surface area contributed by atoms with Crippen LogP contribution in [0.3, 0.4) is 0 Å². The van der Waals surface area contributed by atoms with Crippen LogP contribution >= 0.6 is 23.2 Å². The predicted octanol–water partition coefficient (Wildman–Crippen LogP) is -0.876. The minimum atomic E-state index is -1.37. The van der Waals surface area contributed by atoms with Gasteiger partial charge in [0.05, 0.1) is 0 Å². The molecule has 0 aromatic heterocycles. The first-order valence-corrected chi connectivity index (χ1v) is 5.95. The minimum Gasteiger partial charge on any atom is -0.793 e.